The Hall–Kier alpha value is -1.87. The fourth-order valence-electron chi connectivity index (χ4n) is 2.09. The molecule has 1 aliphatic heterocycles. The van der Waals surface area contributed by atoms with E-state index < -0.39 is 6.41 Å². The number of nitriles is 1. The van der Waals surface area contributed by atoms with E-state index in [9.17, 15) is 0 Å². The third kappa shape index (κ3) is 1.77. The van der Waals surface area contributed by atoms with Crippen molar-refractivity contribution in [3.8, 4) is 6.07 Å². The fraction of sp³-hybridized carbons (Fsp3) is 0.308. The summed E-state index contributed by atoms with van der Waals surface area (Å²) in [4.78, 5) is 0. The van der Waals surface area contributed by atoms with Crippen molar-refractivity contribution >= 4 is 10.9 Å². The average molecular weight is 244 g/mol. The Morgan fingerprint density at radius 2 is 2.33 bits per heavy atom. The minimum absolute atomic E-state index is 0.0473. The van der Waals surface area contributed by atoms with Crippen LogP contribution >= 0.6 is 0 Å². The van der Waals surface area contributed by atoms with Crippen LogP contribution in [-0.4, -0.2) is 29.0 Å². The number of aromatic nitrogens is 1. The molecule has 18 heavy (non-hydrogen) atoms. The van der Waals surface area contributed by atoms with Gasteiger partial charge >= 0.3 is 0 Å². The minimum Gasteiger partial charge on any atom is -0.394 e. The van der Waals surface area contributed by atoms with Gasteiger partial charge in [-0.05, 0) is 24.3 Å². The molecule has 1 aromatic carbocycles. The number of ether oxygens (including phenoxy) is 2. The summed E-state index contributed by atoms with van der Waals surface area (Å²) in [5.41, 5.74) is 1.57. The van der Waals surface area contributed by atoms with Crippen molar-refractivity contribution < 1.29 is 14.6 Å². The van der Waals surface area contributed by atoms with Gasteiger partial charge in [0.15, 0.2) is 0 Å². The van der Waals surface area contributed by atoms with Gasteiger partial charge in [0, 0.05) is 11.6 Å². The maximum absolute atomic E-state index is 9.01. The molecule has 0 radical (unpaired) electrons. The third-order valence-electron chi connectivity index (χ3n) is 3.01. The van der Waals surface area contributed by atoms with Crippen molar-refractivity contribution in [2.75, 3.05) is 13.2 Å². The normalized spacial score (nSPS) is 23.3. The van der Waals surface area contributed by atoms with E-state index in [1.165, 1.54) is 0 Å². The van der Waals surface area contributed by atoms with E-state index in [2.05, 4.69) is 6.07 Å². The Labute approximate surface area is 104 Å². The van der Waals surface area contributed by atoms with E-state index in [1.54, 1.807) is 6.07 Å². The molecule has 1 saturated heterocycles. The van der Waals surface area contributed by atoms with E-state index in [-0.39, 0.29) is 12.7 Å². The summed E-state index contributed by atoms with van der Waals surface area (Å²) in [5.74, 6) is 0. The first-order valence-electron chi connectivity index (χ1n) is 5.70. The predicted molar refractivity (Wildman–Crippen MR) is 63.6 cm³/mol. The van der Waals surface area contributed by atoms with E-state index in [4.69, 9.17) is 19.8 Å². The van der Waals surface area contributed by atoms with E-state index >= 15 is 0 Å². The number of aliphatic hydroxyl groups excluding tert-OH is 1. The molecular formula is C13H12N2O3. The second-order valence-electron chi connectivity index (χ2n) is 4.19. The molecule has 1 aromatic heterocycles. The third-order valence-corrected chi connectivity index (χ3v) is 3.01. The maximum Gasteiger partial charge on any atom is 0.244 e. The van der Waals surface area contributed by atoms with Gasteiger partial charge < -0.3 is 14.6 Å². The molecule has 0 amide bonds. The van der Waals surface area contributed by atoms with Crippen molar-refractivity contribution in [3.63, 3.8) is 0 Å². The van der Waals surface area contributed by atoms with Crippen LogP contribution in [0.25, 0.3) is 10.9 Å². The first-order chi connectivity index (χ1) is 8.81. The highest BCUT2D eigenvalue weighted by atomic mass is 16.7. The monoisotopic (exact) mass is 244 g/mol. The van der Waals surface area contributed by atoms with Crippen molar-refractivity contribution in [1.29, 1.82) is 5.26 Å². The van der Waals surface area contributed by atoms with Crippen molar-refractivity contribution in [3.05, 3.63) is 36.0 Å². The largest absolute Gasteiger partial charge is 0.394 e. The molecule has 0 saturated carbocycles. The van der Waals surface area contributed by atoms with Gasteiger partial charge in [0.2, 0.25) is 6.41 Å². The summed E-state index contributed by atoms with van der Waals surface area (Å²) in [7, 11) is 0. The lowest BCUT2D eigenvalue weighted by Crippen LogP contribution is -2.15. The Morgan fingerprint density at radius 3 is 3.06 bits per heavy atom. The van der Waals surface area contributed by atoms with Crippen LogP contribution in [0, 0.1) is 11.3 Å². The van der Waals surface area contributed by atoms with Crippen LogP contribution in [0.2, 0.25) is 0 Å². The number of hydrogen-bond acceptors (Lipinski definition) is 4. The highest BCUT2D eigenvalue weighted by molar-refractivity contribution is 5.81. The number of nitrogens with zero attached hydrogens (tertiary/aromatic N) is 2. The molecule has 3 rings (SSSR count). The molecule has 92 valence electrons. The number of benzene rings is 1. The first kappa shape index (κ1) is 11.2. The van der Waals surface area contributed by atoms with Gasteiger partial charge in [0.1, 0.15) is 6.10 Å². The molecule has 1 N–H and O–H groups in total. The summed E-state index contributed by atoms with van der Waals surface area (Å²) >= 11 is 0. The standard InChI is InChI=1S/C13H12N2O3/c14-6-9-1-2-12-10(5-9)3-4-15(12)13-17-8-11(7-16)18-13/h1-5,11,13,16H,7-8H2/t11-,13-/m0/s1. The van der Waals surface area contributed by atoms with Gasteiger partial charge in [0.05, 0.1) is 30.4 Å². The van der Waals surface area contributed by atoms with E-state index in [0.717, 1.165) is 10.9 Å². The quantitative estimate of drug-likeness (QED) is 0.866. The zero-order chi connectivity index (χ0) is 12.5. The molecule has 2 heterocycles. The van der Waals surface area contributed by atoms with Crippen LogP contribution in [-0.2, 0) is 9.47 Å². The molecule has 1 fully saturated rings. The molecule has 0 spiro atoms. The number of rotatable bonds is 2. The molecular weight excluding hydrogens is 232 g/mol. The summed E-state index contributed by atoms with van der Waals surface area (Å²) in [5, 5.41) is 18.8. The minimum atomic E-state index is -0.507. The highest BCUT2D eigenvalue weighted by Crippen LogP contribution is 2.27. The lowest BCUT2D eigenvalue weighted by Gasteiger charge is -2.13. The Kier molecular flexibility index (Phi) is 2.76. The molecule has 0 aliphatic carbocycles. The Morgan fingerprint density at radius 1 is 1.44 bits per heavy atom. The summed E-state index contributed by atoms with van der Waals surface area (Å²) in [6, 6.07) is 9.47. The maximum atomic E-state index is 9.01. The van der Waals surface area contributed by atoms with Gasteiger partial charge in [-0.1, -0.05) is 0 Å². The Bertz CT molecular complexity index is 614. The number of fused-ring (bicyclic) bond motifs is 1. The summed E-state index contributed by atoms with van der Waals surface area (Å²) in [6.07, 6.45) is 1.08. The van der Waals surface area contributed by atoms with Crippen LogP contribution < -0.4 is 0 Å². The zero-order valence-electron chi connectivity index (χ0n) is 9.61. The summed E-state index contributed by atoms with van der Waals surface area (Å²) in [6.45, 7) is 0.339. The fourth-order valence-corrected chi connectivity index (χ4v) is 2.09. The van der Waals surface area contributed by atoms with Gasteiger partial charge in [-0.3, -0.25) is 4.57 Å². The topological polar surface area (TPSA) is 67.4 Å². The number of hydrogen-bond donors (Lipinski definition) is 1. The van der Waals surface area contributed by atoms with Crippen LogP contribution in [0.5, 0.6) is 0 Å². The highest BCUT2D eigenvalue weighted by Gasteiger charge is 2.27. The zero-order valence-corrected chi connectivity index (χ0v) is 9.61. The average Bonchev–Trinajstić information content (AvgIpc) is 3.03. The Balaban J connectivity index is 1.96. The molecule has 5 heteroatoms. The van der Waals surface area contributed by atoms with Gasteiger partial charge in [-0.15, -0.1) is 0 Å². The molecule has 2 atom stereocenters. The van der Waals surface area contributed by atoms with Gasteiger partial charge in [0.25, 0.3) is 0 Å². The first-order valence-corrected chi connectivity index (χ1v) is 5.70. The van der Waals surface area contributed by atoms with Gasteiger partial charge in [-0.25, -0.2) is 0 Å². The van der Waals surface area contributed by atoms with Gasteiger partial charge in [-0.2, -0.15) is 5.26 Å². The van der Waals surface area contributed by atoms with Crippen molar-refractivity contribution in [2.45, 2.75) is 12.5 Å². The van der Waals surface area contributed by atoms with Crippen LogP contribution in [0.1, 0.15) is 12.0 Å². The van der Waals surface area contributed by atoms with Crippen molar-refractivity contribution in [2.24, 2.45) is 0 Å². The molecule has 0 bridgehead atoms. The van der Waals surface area contributed by atoms with Crippen LogP contribution in [0.3, 0.4) is 0 Å². The smallest absolute Gasteiger partial charge is 0.244 e. The van der Waals surface area contributed by atoms with E-state index in [0.29, 0.717) is 12.2 Å². The number of aliphatic hydroxyl groups is 1. The van der Waals surface area contributed by atoms with Crippen LogP contribution in [0.4, 0.5) is 0 Å². The molecule has 0 unspecified atom stereocenters. The van der Waals surface area contributed by atoms with Crippen molar-refractivity contribution in [1.82, 2.24) is 4.57 Å². The molecule has 1 aliphatic rings. The van der Waals surface area contributed by atoms with E-state index in [1.807, 2.05) is 29.0 Å². The van der Waals surface area contributed by atoms with Crippen LogP contribution in [0.15, 0.2) is 30.5 Å². The second kappa shape index (κ2) is 4.42. The summed E-state index contributed by atoms with van der Waals surface area (Å²) < 4.78 is 12.9. The molecule has 5 nitrogen and oxygen atoms in total. The SMILES string of the molecule is N#Cc1ccc2c(ccn2[C@H]2OC[C@H](CO)O2)c1. The lowest BCUT2D eigenvalue weighted by molar-refractivity contribution is -0.116. The second-order valence-corrected chi connectivity index (χ2v) is 4.19. The predicted octanol–water partition coefficient (Wildman–Crippen LogP) is 1.38. The lowest BCUT2D eigenvalue weighted by atomic mass is 10.2. The molecule has 2 aromatic rings.